The van der Waals surface area contributed by atoms with E-state index < -0.39 is 0 Å². The van der Waals surface area contributed by atoms with E-state index in [-0.39, 0.29) is 5.82 Å². The highest BCUT2D eigenvalue weighted by Crippen LogP contribution is 2.27. The van der Waals surface area contributed by atoms with Gasteiger partial charge in [-0.25, -0.2) is 4.39 Å². The molecule has 0 bridgehead atoms. The fourth-order valence-electron chi connectivity index (χ4n) is 2.63. The van der Waals surface area contributed by atoms with Crippen molar-refractivity contribution in [3.05, 3.63) is 65.6 Å². The Morgan fingerprint density at radius 2 is 2.00 bits per heavy atom. The van der Waals surface area contributed by atoms with E-state index in [2.05, 4.69) is 22.9 Å². The number of ether oxygens (including phenoxy) is 1. The van der Waals surface area contributed by atoms with Gasteiger partial charge in [0.15, 0.2) is 0 Å². The number of benzene rings is 2. The summed E-state index contributed by atoms with van der Waals surface area (Å²) in [4.78, 5) is 0. The predicted octanol–water partition coefficient (Wildman–Crippen LogP) is 4.54. The minimum absolute atomic E-state index is 0.188. The average molecular weight is 283 g/mol. The van der Waals surface area contributed by atoms with Gasteiger partial charge in [-0.3, -0.25) is 0 Å². The number of hydrogen-bond acceptors (Lipinski definition) is 1. The summed E-state index contributed by atoms with van der Waals surface area (Å²) >= 11 is 0. The molecule has 2 nitrogen and oxygen atoms in total. The van der Waals surface area contributed by atoms with E-state index in [4.69, 9.17) is 4.74 Å². The first-order valence-electron chi connectivity index (χ1n) is 7.14. The molecule has 0 N–H and O–H groups in total. The van der Waals surface area contributed by atoms with Crippen molar-refractivity contribution >= 4 is 10.9 Å². The molecular weight excluding hydrogens is 265 g/mol. The van der Waals surface area contributed by atoms with Crippen molar-refractivity contribution in [3.8, 4) is 5.75 Å². The van der Waals surface area contributed by atoms with Crippen LogP contribution in [0.15, 0.2) is 48.7 Å². The van der Waals surface area contributed by atoms with Gasteiger partial charge in [-0.15, -0.1) is 0 Å². The number of fused-ring (bicyclic) bond motifs is 1. The van der Waals surface area contributed by atoms with Gasteiger partial charge in [0, 0.05) is 18.1 Å². The summed E-state index contributed by atoms with van der Waals surface area (Å²) in [6.45, 7) is 5.31. The van der Waals surface area contributed by atoms with E-state index in [1.807, 2.05) is 32.0 Å². The summed E-state index contributed by atoms with van der Waals surface area (Å²) in [5, 5.41) is 1.11. The molecule has 1 aromatic heterocycles. The normalized spacial score (nSPS) is 11.0. The van der Waals surface area contributed by atoms with E-state index in [1.165, 1.54) is 6.07 Å². The molecule has 0 radical (unpaired) electrons. The van der Waals surface area contributed by atoms with Gasteiger partial charge in [0.05, 0.1) is 12.1 Å². The number of nitrogens with zero attached hydrogens (tertiary/aromatic N) is 1. The average Bonchev–Trinajstić information content (AvgIpc) is 2.87. The second-order valence-electron chi connectivity index (χ2n) is 5.14. The highest BCUT2D eigenvalue weighted by Gasteiger charge is 2.08. The standard InChI is InChI=1S/C18H18FNO/c1-3-21-18-6-4-5-17-16(18)9-10-20(17)12-14-7-8-15(19)11-13(14)2/h4-11H,3,12H2,1-2H3. The fourth-order valence-corrected chi connectivity index (χ4v) is 2.63. The van der Waals surface area contributed by atoms with Gasteiger partial charge < -0.3 is 9.30 Å². The van der Waals surface area contributed by atoms with Gasteiger partial charge in [0.2, 0.25) is 0 Å². The smallest absolute Gasteiger partial charge is 0.128 e. The highest BCUT2D eigenvalue weighted by molar-refractivity contribution is 5.86. The summed E-state index contributed by atoms with van der Waals surface area (Å²) in [5.74, 6) is 0.719. The van der Waals surface area contributed by atoms with Crippen molar-refractivity contribution in [2.75, 3.05) is 6.61 Å². The summed E-state index contributed by atoms with van der Waals surface area (Å²) in [6.07, 6.45) is 2.05. The van der Waals surface area contributed by atoms with Crippen LogP contribution >= 0.6 is 0 Å². The first-order chi connectivity index (χ1) is 10.2. The van der Waals surface area contributed by atoms with E-state index in [9.17, 15) is 4.39 Å². The second kappa shape index (κ2) is 5.60. The van der Waals surface area contributed by atoms with Crippen LogP contribution < -0.4 is 4.74 Å². The minimum Gasteiger partial charge on any atom is -0.493 e. The molecule has 0 saturated carbocycles. The number of rotatable bonds is 4. The molecule has 3 aromatic rings. The van der Waals surface area contributed by atoms with Crippen LogP contribution in [0, 0.1) is 12.7 Å². The van der Waals surface area contributed by atoms with Crippen LogP contribution in [-0.4, -0.2) is 11.2 Å². The molecule has 0 aliphatic heterocycles. The molecule has 1 heterocycles. The third-order valence-electron chi connectivity index (χ3n) is 3.72. The van der Waals surface area contributed by atoms with Crippen LogP contribution in [0.4, 0.5) is 4.39 Å². The zero-order valence-corrected chi connectivity index (χ0v) is 12.3. The Balaban J connectivity index is 1.99. The van der Waals surface area contributed by atoms with Crippen LogP contribution in [0.1, 0.15) is 18.1 Å². The maximum Gasteiger partial charge on any atom is 0.128 e. The Kier molecular flexibility index (Phi) is 3.65. The number of hydrogen-bond donors (Lipinski definition) is 0. The van der Waals surface area contributed by atoms with Crippen molar-refractivity contribution in [2.24, 2.45) is 0 Å². The third-order valence-corrected chi connectivity index (χ3v) is 3.72. The molecule has 0 spiro atoms. The SMILES string of the molecule is CCOc1cccc2c1ccn2Cc1ccc(F)cc1C. The molecule has 0 aliphatic carbocycles. The first kappa shape index (κ1) is 13.7. The Hall–Kier alpha value is -2.29. The van der Waals surface area contributed by atoms with Gasteiger partial charge in [-0.05, 0) is 55.3 Å². The lowest BCUT2D eigenvalue weighted by Crippen LogP contribution is -2.00. The van der Waals surface area contributed by atoms with Crippen molar-refractivity contribution in [1.82, 2.24) is 4.57 Å². The zero-order valence-electron chi connectivity index (χ0n) is 12.3. The van der Waals surface area contributed by atoms with Crippen LogP contribution in [-0.2, 0) is 6.54 Å². The monoisotopic (exact) mass is 283 g/mol. The van der Waals surface area contributed by atoms with Gasteiger partial charge >= 0.3 is 0 Å². The third kappa shape index (κ3) is 2.64. The summed E-state index contributed by atoms with van der Waals surface area (Å²) in [5.41, 5.74) is 3.22. The molecule has 3 heteroatoms. The molecule has 3 rings (SSSR count). The van der Waals surface area contributed by atoms with Gasteiger partial charge in [-0.2, -0.15) is 0 Å². The Labute approximate surface area is 123 Å². The maximum absolute atomic E-state index is 13.2. The van der Waals surface area contributed by atoms with Gasteiger partial charge in [0.1, 0.15) is 11.6 Å². The molecule has 0 aliphatic rings. The van der Waals surface area contributed by atoms with Crippen molar-refractivity contribution in [3.63, 3.8) is 0 Å². The second-order valence-corrected chi connectivity index (χ2v) is 5.14. The molecular formula is C18H18FNO. The molecule has 0 amide bonds. The predicted molar refractivity (Wildman–Crippen MR) is 83.3 cm³/mol. The lowest BCUT2D eigenvalue weighted by molar-refractivity contribution is 0.344. The van der Waals surface area contributed by atoms with Crippen molar-refractivity contribution < 1.29 is 9.13 Å². The van der Waals surface area contributed by atoms with Crippen molar-refractivity contribution in [1.29, 1.82) is 0 Å². The highest BCUT2D eigenvalue weighted by atomic mass is 19.1. The van der Waals surface area contributed by atoms with Gasteiger partial charge in [-0.1, -0.05) is 12.1 Å². The van der Waals surface area contributed by atoms with Gasteiger partial charge in [0.25, 0.3) is 0 Å². The van der Waals surface area contributed by atoms with E-state index >= 15 is 0 Å². The number of halogens is 1. The molecule has 21 heavy (non-hydrogen) atoms. The number of aryl methyl sites for hydroxylation is 1. The zero-order chi connectivity index (χ0) is 14.8. The van der Waals surface area contributed by atoms with Crippen LogP contribution in [0.3, 0.4) is 0 Å². The summed E-state index contributed by atoms with van der Waals surface area (Å²) in [7, 11) is 0. The van der Waals surface area contributed by atoms with Crippen molar-refractivity contribution in [2.45, 2.75) is 20.4 Å². The quantitative estimate of drug-likeness (QED) is 0.686. The van der Waals surface area contributed by atoms with Crippen LogP contribution in [0.5, 0.6) is 5.75 Å². The Bertz CT molecular complexity index is 776. The summed E-state index contributed by atoms with van der Waals surface area (Å²) < 4.78 is 21.0. The topological polar surface area (TPSA) is 14.2 Å². The van der Waals surface area contributed by atoms with Crippen LogP contribution in [0.2, 0.25) is 0 Å². The summed E-state index contributed by atoms with van der Waals surface area (Å²) in [6, 6.07) is 13.1. The van der Waals surface area contributed by atoms with E-state index in [1.54, 1.807) is 6.07 Å². The van der Waals surface area contributed by atoms with E-state index in [0.717, 1.165) is 34.3 Å². The largest absolute Gasteiger partial charge is 0.493 e. The van der Waals surface area contributed by atoms with Crippen LogP contribution in [0.25, 0.3) is 10.9 Å². The molecule has 0 unspecified atom stereocenters. The molecule has 108 valence electrons. The minimum atomic E-state index is -0.188. The Morgan fingerprint density at radius 3 is 2.76 bits per heavy atom. The molecule has 2 aromatic carbocycles. The molecule has 0 saturated heterocycles. The lowest BCUT2D eigenvalue weighted by atomic mass is 10.1. The maximum atomic E-state index is 13.2. The van der Waals surface area contributed by atoms with E-state index in [0.29, 0.717) is 6.61 Å². The number of aromatic nitrogens is 1. The first-order valence-corrected chi connectivity index (χ1v) is 7.14. The lowest BCUT2D eigenvalue weighted by Gasteiger charge is -2.10. The molecule has 0 fully saturated rings. The Morgan fingerprint density at radius 1 is 1.14 bits per heavy atom. The molecule has 0 atom stereocenters. The fraction of sp³-hybridized carbons (Fsp3) is 0.222.